The fourth-order valence-corrected chi connectivity index (χ4v) is 11.8. The van der Waals surface area contributed by atoms with Crippen LogP contribution in [0.4, 0.5) is 0 Å². The minimum atomic E-state index is -1.87. The fourth-order valence-electron chi connectivity index (χ4n) is 8.66. The van der Waals surface area contributed by atoms with Crippen LogP contribution in [-0.4, -0.2) is 20.7 Å². The van der Waals surface area contributed by atoms with E-state index in [1.165, 1.54) is 53.5 Å². The van der Waals surface area contributed by atoms with E-state index in [0.29, 0.717) is 10.8 Å². The average Bonchev–Trinajstić information content (AvgIpc) is 3.48. The normalized spacial score (nSPS) is 13.7. The predicted molar refractivity (Wildman–Crippen MR) is 211 cm³/mol. The lowest BCUT2D eigenvalue weighted by atomic mass is 9.83. The van der Waals surface area contributed by atoms with Crippen molar-refractivity contribution in [1.82, 2.24) is 4.57 Å². The summed E-state index contributed by atoms with van der Waals surface area (Å²) in [7, 11) is -3.73. The van der Waals surface area contributed by atoms with Crippen molar-refractivity contribution in [1.29, 1.82) is 0 Å². The highest BCUT2D eigenvalue weighted by Crippen LogP contribution is 2.50. The standard InChI is InChI=1S/C42H45NO2Si2/c1-11-12-14-24-15-13-16-29(42(2,3)4)39(24)43-40(44)37-27-21-30(46(5,6)7)25-19-17-23-18-20-26-31(47(8,9)10)22-28(38(37)41(43)45)36-34(26)32(23)33(25)35(27)36/h13,15-22H,11-12,14H2,1-10H3. The van der Waals surface area contributed by atoms with E-state index in [9.17, 15) is 0 Å². The van der Waals surface area contributed by atoms with E-state index in [0.717, 1.165) is 46.8 Å². The number of fused-ring (bicyclic) bond motifs is 3. The van der Waals surface area contributed by atoms with Crippen LogP contribution in [0.2, 0.25) is 39.3 Å². The maximum atomic E-state index is 15.2. The van der Waals surface area contributed by atoms with Gasteiger partial charge < -0.3 is 0 Å². The van der Waals surface area contributed by atoms with E-state index in [2.05, 4.69) is 122 Å². The molecule has 0 saturated heterocycles. The first-order valence-electron chi connectivity index (χ1n) is 17.4. The highest BCUT2D eigenvalue weighted by molar-refractivity contribution is 6.91. The van der Waals surface area contributed by atoms with Crippen LogP contribution in [-0.2, 0) is 11.8 Å². The summed E-state index contributed by atoms with van der Waals surface area (Å²) in [6.45, 7) is 23.1. The predicted octanol–water partition coefficient (Wildman–Crippen LogP) is 9.60. The van der Waals surface area contributed by atoms with Crippen molar-refractivity contribution >= 4 is 91.2 Å². The van der Waals surface area contributed by atoms with Crippen molar-refractivity contribution in [3.8, 4) is 5.69 Å². The van der Waals surface area contributed by atoms with Gasteiger partial charge in [0, 0.05) is 0 Å². The topological polar surface area (TPSA) is 39.1 Å². The average molecular weight is 652 g/mol. The number of aromatic nitrogens is 1. The third-order valence-corrected chi connectivity index (χ3v) is 14.9. The van der Waals surface area contributed by atoms with Crippen LogP contribution in [0, 0.1) is 0 Å². The summed E-state index contributed by atoms with van der Waals surface area (Å²) in [5.74, 6) is 0. The van der Waals surface area contributed by atoms with Gasteiger partial charge in [-0.05, 0) is 83.2 Å². The molecule has 0 aliphatic heterocycles. The van der Waals surface area contributed by atoms with Crippen molar-refractivity contribution in [3.05, 3.63) is 86.4 Å². The van der Waals surface area contributed by atoms with E-state index in [1.807, 2.05) is 0 Å². The fraction of sp³-hybridized carbons (Fsp3) is 0.333. The Labute approximate surface area is 278 Å². The van der Waals surface area contributed by atoms with E-state index < -0.39 is 16.1 Å². The number of para-hydroxylation sites is 1. The molecule has 0 aliphatic carbocycles. The number of hydrogen-bond acceptors (Lipinski definition) is 2. The molecule has 1 aromatic heterocycles. The van der Waals surface area contributed by atoms with E-state index >= 15 is 9.59 Å². The number of aryl methyl sites for hydroxylation is 1. The summed E-state index contributed by atoms with van der Waals surface area (Å²) in [5, 5.41) is 16.0. The third kappa shape index (κ3) is 4.02. The molecular formula is C42H45NO2Si2. The summed E-state index contributed by atoms with van der Waals surface area (Å²) in [4.78, 5) is 30.4. The Morgan fingerprint density at radius 2 is 1.11 bits per heavy atom. The molecule has 0 unspecified atom stereocenters. The van der Waals surface area contributed by atoms with Crippen LogP contribution in [0.25, 0.3) is 70.3 Å². The smallest absolute Gasteiger partial charge is 0.266 e. The van der Waals surface area contributed by atoms with Crippen LogP contribution in [0.3, 0.4) is 0 Å². The minimum absolute atomic E-state index is 0.167. The Balaban J connectivity index is 1.70. The largest absolute Gasteiger partial charge is 0.268 e. The lowest BCUT2D eigenvalue weighted by molar-refractivity contribution is 0.583. The van der Waals surface area contributed by atoms with Crippen molar-refractivity contribution in [2.24, 2.45) is 0 Å². The van der Waals surface area contributed by atoms with Crippen LogP contribution < -0.4 is 21.5 Å². The third-order valence-electron chi connectivity index (χ3n) is 10.8. The second-order valence-electron chi connectivity index (χ2n) is 17.1. The van der Waals surface area contributed by atoms with Gasteiger partial charge in [0.15, 0.2) is 0 Å². The zero-order valence-electron chi connectivity index (χ0n) is 29.6. The SMILES string of the molecule is CCCCc1cccc(C(C)(C)C)c1-n1c(=O)c2c3cc([Si](C)(C)C)c4ccc5ccc6c([Si](C)(C)C)cc(c2c1=O)c1c6c5c4c31. The van der Waals surface area contributed by atoms with Crippen LogP contribution in [0.5, 0.6) is 0 Å². The molecule has 0 amide bonds. The first-order chi connectivity index (χ1) is 22.1. The molecule has 0 atom stereocenters. The molecule has 7 aromatic carbocycles. The molecule has 0 aliphatic rings. The Morgan fingerprint density at radius 3 is 1.55 bits per heavy atom. The lowest BCUT2D eigenvalue weighted by Crippen LogP contribution is -2.38. The molecule has 47 heavy (non-hydrogen) atoms. The molecular weight excluding hydrogens is 607 g/mol. The number of unbranched alkanes of at least 4 members (excludes halogenated alkanes) is 1. The minimum Gasteiger partial charge on any atom is -0.268 e. The number of rotatable bonds is 6. The van der Waals surface area contributed by atoms with Crippen LogP contribution >= 0.6 is 0 Å². The number of hydrogen-bond donors (Lipinski definition) is 0. The maximum Gasteiger partial charge on any atom is 0.266 e. The summed E-state index contributed by atoms with van der Waals surface area (Å²) in [6, 6.07) is 20.2. The van der Waals surface area contributed by atoms with Gasteiger partial charge in [0.1, 0.15) is 0 Å². The Kier molecular flexibility index (Phi) is 6.26. The Morgan fingerprint density at radius 1 is 0.617 bits per heavy atom. The molecule has 1 heterocycles. The molecule has 0 spiro atoms. The maximum absolute atomic E-state index is 15.2. The zero-order chi connectivity index (χ0) is 33.5. The first kappa shape index (κ1) is 30.5. The van der Waals surface area contributed by atoms with E-state index in [-0.39, 0.29) is 16.5 Å². The molecule has 0 N–H and O–H groups in total. The molecule has 8 rings (SSSR count). The second kappa shape index (κ2) is 9.64. The molecule has 0 fully saturated rings. The lowest BCUT2D eigenvalue weighted by Gasteiger charge is -2.25. The highest BCUT2D eigenvalue weighted by Gasteiger charge is 2.34. The quantitative estimate of drug-likeness (QED) is 0.133. The summed E-state index contributed by atoms with van der Waals surface area (Å²) in [5.41, 5.74) is 2.36. The van der Waals surface area contributed by atoms with E-state index in [1.54, 1.807) is 4.57 Å². The van der Waals surface area contributed by atoms with Gasteiger partial charge >= 0.3 is 0 Å². The van der Waals surface area contributed by atoms with Gasteiger partial charge in [-0.1, -0.05) is 138 Å². The Hall–Kier alpha value is -3.81. The molecule has 238 valence electrons. The van der Waals surface area contributed by atoms with Gasteiger partial charge in [-0.15, -0.1) is 0 Å². The summed E-state index contributed by atoms with van der Waals surface area (Å²) in [6.07, 6.45) is 2.89. The summed E-state index contributed by atoms with van der Waals surface area (Å²) < 4.78 is 1.58. The van der Waals surface area contributed by atoms with Crippen LogP contribution in [0.15, 0.2) is 64.2 Å². The van der Waals surface area contributed by atoms with Gasteiger partial charge in [-0.2, -0.15) is 0 Å². The molecule has 8 aromatic rings. The molecule has 0 saturated carbocycles. The monoisotopic (exact) mass is 651 g/mol. The van der Waals surface area contributed by atoms with Crippen LogP contribution in [0.1, 0.15) is 51.7 Å². The Bertz CT molecular complexity index is 2500. The van der Waals surface area contributed by atoms with Gasteiger partial charge in [0.25, 0.3) is 11.1 Å². The van der Waals surface area contributed by atoms with Crippen molar-refractivity contribution in [3.63, 3.8) is 0 Å². The molecule has 0 radical (unpaired) electrons. The molecule has 5 heteroatoms. The number of benzene rings is 6. The van der Waals surface area contributed by atoms with Gasteiger partial charge in [-0.3, -0.25) is 9.59 Å². The summed E-state index contributed by atoms with van der Waals surface area (Å²) >= 11 is 0. The zero-order valence-corrected chi connectivity index (χ0v) is 31.6. The molecule has 3 nitrogen and oxygen atoms in total. The van der Waals surface area contributed by atoms with Gasteiger partial charge in [-0.25, -0.2) is 4.57 Å². The molecule has 0 bridgehead atoms. The van der Waals surface area contributed by atoms with Crippen molar-refractivity contribution in [2.75, 3.05) is 0 Å². The van der Waals surface area contributed by atoms with Gasteiger partial charge in [0.05, 0.1) is 32.6 Å². The second-order valence-corrected chi connectivity index (χ2v) is 27.2. The van der Waals surface area contributed by atoms with E-state index in [4.69, 9.17) is 0 Å². The first-order valence-corrected chi connectivity index (χ1v) is 24.4. The highest BCUT2D eigenvalue weighted by atomic mass is 28.3. The van der Waals surface area contributed by atoms with Crippen molar-refractivity contribution < 1.29 is 0 Å². The van der Waals surface area contributed by atoms with Gasteiger partial charge in [0.2, 0.25) is 0 Å². The van der Waals surface area contributed by atoms with Crippen molar-refractivity contribution in [2.45, 2.75) is 91.7 Å². The number of nitrogens with zero attached hydrogens (tertiary/aromatic N) is 1.